The molecule has 2 bridgehead atoms. The number of benzene rings is 9. The summed E-state index contributed by atoms with van der Waals surface area (Å²) in [6.07, 6.45) is 0. The first-order valence-corrected chi connectivity index (χ1v) is 24.7. The molecular formula is C66H48N6. The quantitative estimate of drug-likeness (QED) is 0.151. The lowest BCUT2D eigenvalue weighted by molar-refractivity contribution is 0.587. The van der Waals surface area contributed by atoms with Crippen LogP contribution in [0.3, 0.4) is 0 Å². The number of hydrogen-bond donors (Lipinski definition) is 0. The number of rotatable bonds is 8. The number of nitrogens with zero attached hydrogens (tertiary/aromatic N) is 6. The maximum atomic E-state index is 5.23. The van der Waals surface area contributed by atoms with Gasteiger partial charge in [0.05, 0.1) is 0 Å². The molecular weight excluding hydrogens is 877 g/mol. The largest absolute Gasteiger partial charge is 0.208 e. The lowest BCUT2D eigenvalue weighted by atomic mass is 9.60. The summed E-state index contributed by atoms with van der Waals surface area (Å²) >= 11 is 0. The van der Waals surface area contributed by atoms with Crippen molar-refractivity contribution < 1.29 is 0 Å². The smallest absolute Gasteiger partial charge is 0.164 e. The van der Waals surface area contributed by atoms with Gasteiger partial charge in [0.1, 0.15) is 0 Å². The van der Waals surface area contributed by atoms with Gasteiger partial charge in [0.2, 0.25) is 0 Å². The van der Waals surface area contributed by atoms with Crippen LogP contribution in [0.4, 0.5) is 0 Å². The Bertz CT molecular complexity index is 3810. The summed E-state index contributed by atoms with van der Waals surface area (Å²) in [7, 11) is 0. The molecule has 3 aliphatic carbocycles. The predicted octanol–water partition coefficient (Wildman–Crippen LogP) is 15.7. The van der Waals surface area contributed by atoms with E-state index in [2.05, 4.69) is 197 Å². The van der Waals surface area contributed by atoms with E-state index < -0.39 is 0 Å². The van der Waals surface area contributed by atoms with Crippen molar-refractivity contribution in [2.24, 2.45) is 0 Å². The third kappa shape index (κ3) is 7.78. The van der Waals surface area contributed by atoms with Crippen molar-refractivity contribution >= 4 is 0 Å². The zero-order valence-corrected chi connectivity index (χ0v) is 40.2. The van der Waals surface area contributed by atoms with Crippen molar-refractivity contribution in [2.75, 3.05) is 0 Å². The van der Waals surface area contributed by atoms with Gasteiger partial charge in [0.15, 0.2) is 34.9 Å². The topological polar surface area (TPSA) is 77.3 Å². The van der Waals surface area contributed by atoms with E-state index in [9.17, 15) is 0 Å². The highest BCUT2D eigenvalue weighted by atomic mass is 15.0. The molecule has 6 nitrogen and oxygen atoms in total. The standard InChI is InChI=1S/C66H48N6/c1-66(2,3)51-34-37-54-57(40-51)59-53-36-33-49(64-69-60(45-20-12-6-13-21-45)67-62(71-64)47-28-24-43(25-29-47)41-16-8-4-9-17-41)38-55(53)58(54)52-35-32-50(39-56(52)59)65-70-61(46-22-14-7-15-23-46)68-63(72-65)48-30-26-44(27-31-48)42-18-10-5-11-19-42/h4-40,58-59H,1-3H3. The van der Waals surface area contributed by atoms with Crippen LogP contribution in [0.25, 0.3) is 90.6 Å². The van der Waals surface area contributed by atoms with Crippen LogP contribution in [0.1, 0.15) is 71.6 Å². The molecule has 0 spiro atoms. The van der Waals surface area contributed by atoms with Crippen molar-refractivity contribution in [2.45, 2.75) is 38.0 Å². The van der Waals surface area contributed by atoms with Crippen LogP contribution >= 0.6 is 0 Å². The van der Waals surface area contributed by atoms with Crippen molar-refractivity contribution in [3.63, 3.8) is 0 Å². The average molecular weight is 925 g/mol. The Labute approximate surface area is 419 Å². The highest BCUT2D eigenvalue weighted by molar-refractivity contribution is 5.77. The lowest BCUT2D eigenvalue weighted by Gasteiger charge is -2.43. The first kappa shape index (κ1) is 43.1. The minimum absolute atomic E-state index is 0.00428. The molecule has 0 aliphatic heterocycles. The second-order valence-corrected chi connectivity index (χ2v) is 19.9. The fourth-order valence-electron chi connectivity index (χ4n) is 10.6. The maximum Gasteiger partial charge on any atom is 0.164 e. The van der Waals surface area contributed by atoms with Crippen LogP contribution in [0.15, 0.2) is 224 Å². The van der Waals surface area contributed by atoms with Crippen LogP contribution in [-0.4, -0.2) is 29.9 Å². The Morgan fingerprint density at radius 2 is 0.486 bits per heavy atom. The first-order chi connectivity index (χ1) is 35.3. The summed E-state index contributed by atoms with van der Waals surface area (Å²) in [6.45, 7) is 6.89. The molecule has 6 heteroatoms. The molecule has 9 aromatic carbocycles. The normalized spacial score (nSPS) is 14.3. The van der Waals surface area contributed by atoms with Crippen LogP contribution in [-0.2, 0) is 5.41 Å². The molecule has 14 rings (SSSR count). The molecule has 0 fully saturated rings. The van der Waals surface area contributed by atoms with Gasteiger partial charge in [-0.1, -0.05) is 233 Å². The van der Waals surface area contributed by atoms with Crippen LogP contribution < -0.4 is 0 Å². The molecule has 0 saturated carbocycles. The SMILES string of the molecule is CC(C)(C)c1ccc2c(c1)C1c3ccc(-c4nc(-c5ccccc5)nc(-c5ccc(-c6ccccc6)cc5)n4)cc3C2c2ccc(-c3nc(-c4ccccc4)nc(-c4ccc(-c5ccccc5)cc4)n3)cc21. The Hall–Kier alpha value is -9.00. The third-order valence-electron chi connectivity index (χ3n) is 14.3. The van der Waals surface area contributed by atoms with E-state index in [0.29, 0.717) is 34.9 Å². The van der Waals surface area contributed by atoms with Gasteiger partial charge in [-0.05, 0) is 78.7 Å². The molecule has 0 saturated heterocycles. The fraction of sp³-hybridized carbons (Fsp3) is 0.0909. The van der Waals surface area contributed by atoms with E-state index in [1.807, 2.05) is 48.5 Å². The summed E-state index contributed by atoms with van der Waals surface area (Å²) < 4.78 is 0. The predicted molar refractivity (Wildman–Crippen MR) is 290 cm³/mol. The summed E-state index contributed by atoms with van der Waals surface area (Å²) in [6, 6.07) is 79.2. The third-order valence-corrected chi connectivity index (χ3v) is 14.3. The molecule has 2 heterocycles. The Morgan fingerprint density at radius 1 is 0.236 bits per heavy atom. The van der Waals surface area contributed by atoms with E-state index in [0.717, 1.165) is 44.5 Å². The van der Waals surface area contributed by atoms with E-state index >= 15 is 0 Å². The molecule has 2 atom stereocenters. The van der Waals surface area contributed by atoms with Gasteiger partial charge in [-0.3, -0.25) is 0 Å². The van der Waals surface area contributed by atoms with Crippen LogP contribution in [0.5, 0.6) is 0 Å². The molecule has 0 radical (unpaired) electrons. The van der Waals surface area contributed by atoms with E-state index in [-0.39, 0.29) is 17.3 Å². The number of hydrogen-bond acceptors (Lipinski definition) is 6. The van der Waals surface area contributed by atoms with E-state index in [1.165, 1.54) is 50.1 Å². The average Bonchev–Trinajstić information content (AvgIpc) is 3.45. The Morgan fingerprint density at radius 3 is 0.847 bits per heavy atom. The highest BCUT2D eigenvalue weighted by Crippen LogP contribution is 2.57. The zero-order valence-electron chi connectivity index (χ0n) is 40.2. The van der Waals surface area contributed by atoms with E-state index in [4.69, 9.17) is 29.9 Å². The molecule has 3 aliphatic rings. The molecule has 2 unspecified atom stereocenters. The zero-order chi connectivity index (χ0) is 48.3. The molecule has 0 amide bonds. The van der Waals surface area contributed by atoms with Gasteiger partial charge >= 0.3 is 0 Å². The van der Waals surface area contributed by atoms with Gasteiger partial charge in [-0.15, -0.1) is 0 Å². The Kier molecular flexibility index (Phi) is 10.4. The van der Waals surface area contributed by atoms with Crippen LogP contribution in [0, 0.1) is 0 Å². The second kappa shape index (κ2) is 17.4. The van der Waals surface area contributed by atoms with Crippen molar-refractivity contribution in [3.05, 3.63) is 263 Å². The minimum Gasteiger partial charge on any atom is -0.208 e. The van der Waals surface area contributed by atoms with Crippen molar-refractivity contribution in [3.8, 4) is 90.6 Å². The molecule has 342 valence electrons. The van der Waals surface area contributed by atoms with Gasteiger partial charge in [0, 0.05) is 45.2 Å². The van der Waals surface area contributed by atoms with Gasteiger partial charge < -0.3 is 0 Å². The van der Waals surface area contributed by atoms with Crippen LogP contribution in [0.2, 0.25) is 0 Å². The summed E-state index contributed by atoms with van der Waals surface area (Å²) in [4.78, 5) is 31.0. The molecule has 0 N–H and O–H groups in total. The number of aromatic nitrogens is 6. The highest BCUT2D eigenvalue weighted by Gasteiger charge is 2.42. The van der Waals surface area contributed by atoms with Crippen molar-refractivity contribution in [1.82, 2.24) is 29.9 Å². The van der Waals surface area contributed by atoms with Gasteiger partial charge in [0.25, 0.3) is 0 Å². The van der Waals surface area contributed by atoms with Gasteiger partial charge in [-0.25, -0.2) is 29.9 Å². The first-order valence-electron chi connectivity index (χ1n) is 24.7. The summed E-state index contributed by atoms with van der Waals surface area (Å²) in [5, 5.41) is 0. The molecule has 2 aromatic heterocycles. The molecule has 11 aromatic rings. The maximum absolute atomic E-state index is 5.23. The van der Waals surface area contributed by atoms with Crippen molar-refractivity contribution in [1.29, 1.82) is 0 Å². The Balaban J connectivity index is 0.928. The summed E-state index contributed by atoms with van der Waals surface area (Å²) in [5.74, 6) is 3.82. The summed E-state index contributed by atoms with van der Waals surface area (Å²) in [5.41, 5.74) is 19.4. The second-order valence-electron chi connectivity index (χ2n) is 19.9. The fourth-order valence-corrected chi connectivity index (χ4v) is 10.6. The molecule has 72 heavy (non-hydrogen) atoms. The lowest BCUT2D eigenvalue weighted by Crippen LogP contribution is -2.28. The van der Waals surface area contributed by atoms with Gasteiger partial charge in [-0.2, -0.15) is 0 Å². The van der Waals surface area contributed by atoms with E-state index in [1.54, 1.807) is 0 Å². The monoisotopic (exact) mass is 924 g/mol. The minimum atomic E-state index is -0.0216.